The van der Waals surface area contributed by atoms with Gasteiger partial charge in [0.1, 0.15) is 5.75 Å². The van der Waals surface area contributed by atoms with Crippen LogP contribution in [0.1, 0.15) is 10.4 Å². The minimum absolute atomic E-state index is 0.0449. The van der Waals surface area contributed by atoms with Gasteiger partial charge in [-0.3, -0.25) is 4.79 Å². The van der Waals surface area contributed by atoms with Gasteiger partial charge in [-0.15, -0.1) is 0 Å². The number of sulfonamides is 1. The van der Waals surface area contributed by atoms with Gasteiger partial charge in [-0.1, -0.05) is 0 Å². The molecule has 0 saturated heterocycles. The highest BCUT2D eigenvalue weighted by Gasteiger charge is 2.19. The molecule has 0 radical (unpaired) electrons. The summed E-state index contributed by atoms with van der Waals surface area (Å²) >= 11 is 0. The molecule has 0 saturated carbocycles. The van der Waals surface area contributed by atoms with Crippen molar-refractivity contribution in [3.63, 3.8) is 0 Å². The molecule has 2 rings (SSSR count). The quantitative estimate of drug-likeness (QED) is 0.340. The number of benzene rings is 2. The fraction of sp³-hybridized carbons (Fsp3) is 0.333. The van der Waals surface area contributed by atoms with Crippen LogP contribution in [0.25, 0.3) is 0 Å². The van der Waals surface area contributed by atoms with Gasteiger partial charge in [0.25, 0.3) is 5.91 Å². The number of methoxy groups -OCH3 is 4. The van der Waals surface area contributed by atoms with Crippen LogP contribution in [-0.4, -0.2) is 68.5 Å². The second-order valence-corrected chi connectivity index (χ2v) is 8.21. The molecule has 0 atom stereocenters. The van der Waals surface area contributed by atoms with E-state index in [0.29, 0.717) is 11.5 Å². The Morgan fingerprint density at radius 3 is 2.15 bits per heavy atom. The SMILES string of the molecule is COCCNS(=O)(=O)c1ccc(OCC(=O)Nc2cc(OC)c(OC)cc2C(=O)OC)cc1. The third-order valence-corrected chi connectivity index (χ3v) is 5.78. The molecule has 0 aliphatic heterocycles. The fourth-order valence-corrected chi connectivity index (χ4v) is 3.69. The lowest BCUT2D eigenvalue weighted by molar-refractivity contribution is -0.118. The Kier molecular flexibility index (Phi) is 9.45. The highest BCUT2D eigenvalue weighted by Crippen LogP contribution is 2.33. The van der Waals surface area contributed by atoms with E-state index in [1.807, 2.05) is 0 Å². The zero-order valence-electron chi connectivity index (χ0n) is 18.7. The van der Waals surface area contributed by atoms with Gasteiger partial charge in [0.15, 0.2) is 18.1 Å². The molecule has 0 unspecified atom stereocenters. The van der Waals surface area contributed by atoms with Crippen molar-refractivity contribution in [3.8, 4) is 17.2 Å². The van der Waals surface area contributed by atoms with Gasteiger partial charge in [-0.25, -0.2) is 17.9 Å². The number of carbonyl (C=O) groups excluding carboxylic acids is 2. The van der Waals surface area contributed by atoms with Crippen LogP contribution in [-0.2, 0) is 24.3 Å². The number of amides is 1. The van der Waals surface area contributed by atoms with E-state index in [0.717, 1.165) is 0 Å². The van der Waals surface area contributed by atoms with Crippen molar-refractivity contribution in [2.24, 2.45) is 0 Å². The summed E-state index contributed by atoms with van der Waals surface area (Å²) in [4.78, 5) is 24.5. The second kappa shape index (κ2) is 12.0. The normalized spacial score (nSPS) is 10.9. The van der Waals surface area contributed by atoms with E-state index in [4.69, 9.17) is 23.7 Å². The van der Waals surface area contributed by atoms with Crippen molar-refractivity contribution in [2.75, 3.05) is 53.5 Å². The number of carbonyl (C=O) groups is 2. The van der Waals surface area contributed by atoms with E-state index in [2.05, 4.69) is 10.0 Å². The van der Waals surface area contributed by atoms with Crippen molar-refractivity contribution in [1.29, 1.82) is 0 Å². The van der Waals surface area contributed by atoms with Gasteiger partial charge in [0.05, 0.1) is 44.1 Å². The first-order valence-corrected chi connectivity index (χ1v) is 11.1. The summed E-state index contributed by atoms with van der Waals surface area (Å²) in [5.41, 5.74) is 0.218. The van der Waals surface area contributed by atoms with Crippen LogP contribution in [0.2, 0.25) is 0 Å². The Balaban J connectivity index is 2.06. The molecule has 0 aliphatic rings. The summed E-state index contributed by atoms with van der Waals surface area (Å²) in [6.07, 6.45) is 0. The van der Waals surface area contributed by atoms with Crippen LogP contribution in [0.4, 0.5) is 5.69 Å². The maximum absolute atomic E-state index is 12.4. The molecule has 2 aromatic rings. The Morgan fingerprint density at radius 2 is 1.58 bits per heavy atom. The molecule has 2 aromatic carbocycles. The maximum atomic E-state index is 12.4. The number of anilines is 1. The van der Waals surface area contributed by atoms with Gasteiger partial charge >= 0.3 is 5.97 Å². The molecule has 0 aromatic heterocycles. The standard InChI is InChI=1S/C21H26N2O9S/c1-28-10-9-22-33(26,27)15-7-5-14(6-8-15)32-13-20(24)23-17-12-19(30-3)18(29-2)11-16(17)21(25)31-4/h5-8,11-12,22H,9-10,13H2,1-4H3,(H,23,24). The van der Waals surface area contributed by atoms with Crippen molar-refractivity contribution in [1.82, 2.24) is 4.72 Å². The zero-order chi connectivity index (χ0) is 24.4. The molecule has 0 spiro atoms. The van der Waals surface area contributed by atoms with E-state index in [-0.39, 0.29) is 35.0 Å². The van der Waals surface area contributed by atoms with Crippen molar-refractivity contribution in [3.05, 3.63) is 42.0 Å². The lowest BCUT2D eigenvalue weighted by atomic mass is 10.1. The summed E-state index contributed by atoms with van der Waals surface area (Å²) in [7, 11) is 1.84. The topological polar surface area (TPSA) is 138 Å². The van der Waals surface area contributed by atoms with Crippen LogP contribution < -0.4 is 24.2 Å². The van der Waals surface area contributed by atoms with Crippen LogP contribution in [0.3, 0.4) is 0 Å². The van der Waals surface area contributed by atoms with Crippen LogP contribution in [0, 0.1) is 0 Å². The third kappa shape index (κ3) is 7.07. The predicted octanol–water partition coefficient (Wildman–Crippen LogP) is 1.43. The number of nitrogens with one attached hydrogen (secondary N) is 2. The first-order valence-electron chi connectivity index (χ1n) is 9.61. The van der Waals surface area contributed by atoms with Crippen molar-refractivity contribution >= 4 is 27.6 Å². The second-order valence-electron chi connectivity index (χ2n) is 6.44. The molecule has 33 heavy (non-hydrogen) atoms. The molecule has 0 bridgehead atoms. The highest BCUT2D eigenvalue weighted by atomic mass is 32.2. The number of hydrogen-bond acceptors (Lipinski definition) is 9. The number of hydrogen-bond donors (Lipinski definition) is 2. The lowest BCUT2D eigenvalue weighted by Crippen LogP contribution is -2.27. The Morgan fingerprint density at radius 1 is 0.939 bits per heavy atom. The molecule has 11 nitrogen and oxygen atoms in total. The Hall–Kier alpha value is -3.35. The molecular weight excluding hydrogens is 456 g/mol. The average molecular weight is 483 g/mol. The highest BCUT2D eigenvalue weighted by molar-refractivity contribution is 7.89. The first-order chi connectivity index (χ1) is 15.7. The number of esters is 1. The predicted molar refractivity (Wildman–Crippen MR) is 119 cm³/mol. The molecule has 1 amide bonds. The molecule has 12 heteroatoms. The van der Waals surface area contributed by atoms with Crippen LogP contribution in [0.15, 0.2) is 41.3 Å². The molecule has 0 heterocycles. The Bertz CT molecular complexity index is 1070. The van der Waals surface area contributed by atoms with Gasteiger partial charge in [0.2, 0.25) is 10.0 Å². The minimum Gasteiger partial charge on any atom is -0.493 e. The molecule has 0 aliphatic carbocycles. The number of rotatable bonds is 12. The third-order valence-electron chi connectivity index (χ3n) is 4.31. The van der Waals surface area contributed by atoms with E-state index in [1.54, 1.807) is 0 Å². The molecule has 2 N–H and O–H groups in total. The first kappa shape index (κ1) is 25.9. The fourth-order valence-electron chi connectivity index (χ4n) is 2.67. The average Bonchev–Trinajstić information content (AvgIpc) is 2.82. The minimum atomic E-state index is -3.68. The maximum Gasteiger partial charge on any atom is 0.340 e. The monoisotopic (exact) mass is 482 g/mol. The van der Waals surface area contributed by atoms with Crippen LogP contribution >= 0.6 is 0 Å². The smallest absolute Gasteiger partial charge is 0.340 e. The summed E-state index contributed by atoms with van der Waals surface area (Å²) < 4.78 is 52.1. The van der Waals surface area contributed by atoms with E-state index >= 15 is 0 Å². The van der Waals surface area contributed by atoms with E-state index in [9.17, 15) is 18.0 Å². The largest absolute Gasteiger partial charge is 0.493 e. The summed E-state index contributed by atoms with van der Waals surface area (Å²) in [5.74, 6) is -0.369. The lowest BCUT2D eigenvalue weighted by Gasteiger charge is -2.15. The summed E-state index contributed by atoms with van der Waals surface area (Å²) in [5, 5.41) is 2.57. The van der Waals surface area contributed by atoms with Gasteiger partial charge in [-0.05, 0) is 24.3 Å². The van der Waals surface area contributed by atoms with E-state index in [1.165, 1.54) is 64.8 Å². The number of ether oxygens (including phenoxy) is 5. The van der Waals surface area contributed by atoms with Gasteiger partial charge in [0, 0.05) is 25.8 Å². The molecule has 0 fully saturated rings. The van der Waals surface area contributed by atoms with Crippen molar-refractivity contribution in [2.45, 2.75) is 4.90 Å². The molecule has 180 valence electrons. The van der Waals surface area contributed by atoms with E-state index < -0.39 is 28.5 Å². The summed E-state index contributed by atoms with van der Waals surface area (Å²) in [6, 6.07) is 8.38. The van der Waals surface area contributed by atoms with Gasteiger partial charge in [-0.2, -0.15) is 0 Å². The van der Waals surface area contributed by atoms with Crippen LogP contribution in [0.5, 0.6) is 17.2 Å². The zero-order valence-corrected chi connectivity index (χ0v) is 19.5. The Labute approximate surface area is 192 Å². The van der Waals surface area contributed by atoms with Crippen molar-refractivity contribution < 1.29 is 41.7 Å². The summed E-state index contributed by atoms with van der Waals surface area (Å²) in [6.45, 7) is -0.0125. The molecular formula is C21H26N2O9S. The van der Waals surface area contributed by atoms with Gasteiger partial charge < -0.3 is 29.0 Å².